The monoisotopic (exact) mass is 1550 g/mol. The number of rotatable bonds is 1. The molecule has 8 nitrogen and oxygen atoms in total. The van der Waals surface area contributed by atoms with Gasteiger partial charge in [0.1, 0.15) is 23.3 Å². The van der Waals surface area contributed by atoms with E-state index in [1.807, 2.05) is 313 Å². The molecule has 0 aliphatic heterocycles. The quantitative estimate of drug-likeness (QED) is 0.119. The number of fused-ring (bicyclic) bond motifs is 6. The number of para-hydroxylation sites is 4. The normalized spacial score (nSPS) is 8.70. The fourth-order valence-corrected chi connectivity index (χ4v) is 10.7. The van der Waals surface area contributed by atoms with Gasteiger partial charge >= 0.3 is 0 Å². The lowest BCUT2D eigenvalue weighted by Crippen LogP contribution is -1.97. The van der Waals surface area contributed by atoms with Crippen molar-refractivity contribution in [3.63, 3.8) is 0 Å². The summed E-state index contributed by atoms with van der Waals surface area (Å²) in [5, 5.41) is 17.2. The third-order valence-corrected chi connectivity index (χ3v) is 14.4. The van der Waals surface area contributed by atoms with Crippen LogP contribution in [0.3, 0.4) is 0 Å². The van der Waals surface area contributed by atoms with Gasteiger partial charge in [0.2, 0.25) is 0 Å². The van der Waals surface area contributed by atoms with Crippen LogP contribution in [-0.4, -0.2) is 39.5 Å². The van der Waals surface area contributed by atoms with Crippen LogP contribution in [0.25, 0.3) is 92.3 Å². The van der Waals surface area contributed by atoms with Gasteiger partial charge in [0.25, 0.3) is 0 Å². The second kappa shape index (κ2) is 74.1. The third-order valence-electron chi connectivity index (χ3n) is 14.4. The van der Waals surface area contributed by atoms with Crippen molar-refractivity contribution in [1.29, 1.82) is 0 Å². The molecule has 0 fully saturated rings. The van der Waals surface area contributed by atoms with Gasteiger partial charge in [-0.25, -0.2) is 24.9 Å². The molecular formula is C107H148N8. The first-order chi connectivity index (χ1) is 56.6. The lowest BCUT2D eigenvalue weighted by molar-refractivity contribution is 0.875. The van der Waals surface area contributed by atoms with Gasteiger partial charge in [-0.2, -0.15) is 0 Å². The van der Waals surface area contributed by atoms with Crippen LogP contribution >= 0.6 is 0 Å². The minimum absolute atomic E-state index is 0.792. The van der Waals surface area contributed by atoms with E-state index in [2.05, 4.69) is 252 Å². The molecule has 115 heavy (non-hydrogen) atoms. The maximum Gasteiger partial charge on any atom is 0.129 e. The summed E-state index contributed by atoms with van der Waals surface area (Å²) in [5.41, 5.74) is 6.87. The second-order valence-electron chi connectivity index (χ2n) is 21.1. The van der Waals surface area contributed by atoms with E-state index in [0.717, 1.165) is 40.2 Å². The van der Waals surface area contributed by atoms with Crippen molar-refractivity contribution in [2.45, 2.75) is 222 Å². The van der Waals surface area contributed by atoms with Crippen LogP contribution in [0.2, 0.25) is 0 Å². The molecule has 12 aromatic carbocycles. The predicted octanol–water partition coefficient (Wildman–Crippen LogP) is 33.9. The topological polar surface area (TPSA) is 95.2 Å². The summed E-state index contributed by atoms with van der Waals surface area (Å²) >= 11 is 0. The van der Waals surface area contributed by atoms with Crippen LogP contribution in [-0.2, 0) is 0 Å². The summed E-state index contributed by atoms with van der Waals surface area (Å²) in [6.07, 6.45) is 5.31. The molecule has 5 heterocycles. The Labute approximate surface area is 699 Å². The van der Waals surface area contributed by atoms with Gasteiger partial charge in [0.15, 0.2) is 0 Å². The van der Waals surface area contributed by atoms with Crippen LogP contribution < -0.4 is 0 Å². The molecule has 8 heteroatoms. The molecule has 0 saturated heterocycles. The highest BCUT2D eigenvalue weighted by atomic mass is 15.0. The smallest absolute Gasteiger partial charge is 0.129 e. The van der Waals surface area contributed by atoms with Crippen LogP contribution in [0.4, 0.5) is 0 Å². The van der Waals surface area contributed by atoms with Crippen LogP contribution in [0.5, 0.6) is 0 Å². The van der Waals surface area contributed by atoms with Crippen molar-refractivity contribution in [3.05, 3.63) is 351 Å². The minimum atomic E-state index is 0.792. The van der Waals surface area contributed by atoms with Crippen molar-refractivity contribution < 1.29 is 0 Å². The van der Waals surface area contributed by atoms with E-state index in [1.165, 1.54) is 86.7 Å². The molecule has 0 amide bonds. The van der Waals surface area contributed by atoms with Gasteiger partial charge in [-0.1, -0.05) is 411 Å². The van der Waals surface area contributed by atoms with Crippen molar-refractivity contribution in [1.82, 2.24) is 39.5 Å². The van der Waals surface area contributed by atoms with E-state index in [9.17, 15) is 0 Å². The summed E-state index contributed by atoms with van der Waals surface area (Å²) < 4.78 is 2.32. The van der Waals surface area contributed by atoms with E-state index in [1.54, 1.807) is 12.4 Å². The Balaban J connectivity index is -0.000000599. The van der Waals surface area contributed by atoms with E-state index in [0.29, 0.717) is 0 Å². The van der Waals surface area contributed by atoms with Crippen molar-refractivity contribution in [2.75, 3.05) is 0 Å². The van der Waals surface area contributed by atoms with E-state index < -0.39 is 0 Å². The standard InChI is InChI=1S/C18H13N.C16H10.C14H10.C9H7N.C7H10N2.C6H9N3.C6H6.C5H5N.13C2H6/c1-2-8-14(9-3-1)19-17-12-6-4-10-15(17)16-11-5-7-13-18(16)19;1-3-11-7-9-13-5-2-6-14-10-8-12(4-1)15(11)16(13)14;1-2-6-12-10-14-8-4-3-7-13(14)9-11(12)5-1;1-2-6-9-8(4-1)5-3-7-10-9;1-5-4-6(2)9-7(3)8-5;1-4-7-5(2)9-6(3)8-4;2*1-2-4-6-5-3-1;13*1-2/h1-13H;1-10H;1-10H;1-7H;4H,1-3H3;1-3H3;1-6H;1-5H;13*1-2H3. The SMILES string of the molecule is CC.CC.CC.CC.CC.CC.CC.CC.CC.CC.CC.CC.CC.Cc1cc(C)nc(C)n1.Cc1nc(C)nc(C)n1.c1cc2ccc3cccc4ccc(c1)c2c34.c1ccc(-n2c3ccccc3c3ccccc32)cc1.c1ccc2cc3ccccc3cc2c1.c1ccc2ncccc2c1.c1ccccc1.c1ccncc1. The van der Waals surface area contributed by atoms with Crippen LogP contribution in [0.15, 0.2) is 316 Å². The Morgan fingerprint density at radius 1 is 0.200 bits per heavy atom. The molecule has 0 atom stereocenters. The Bertz CT molecular complexity index is 4410. The lowest BCUT2D eigenvalue weighted by atomic mass is 9.95. The zero-order valence-electron chi connectivity index (χ0n) is 77.1. The molecule has 0 radical (unpaired) electrons. The third kappa shape index (κ3) is 40.3. The maximum atomic E-state index is 4.18. The van der Waals surface area contributed by atoms with E-state index in [-0.39, 0.29) is 0 Å². The fourth-order valence-electron chi connectivity index (χ4n) is 10.7. The van der Waals surface area contributed by atoms with Crippen molar-refractivity contribution >= 4 is 86.6 Å². The number of pyridine rings is 2. The second-order valence-corrected chi connectivity index (χ2v) is 21.1. The van der Waals surface area contributed by atoms with Crippen molar-refractivity contribution in [3.8, 4) is 5.69 Å². The van der Waals surface area contributed by atoms with Gasteiger partial charge < -0.3 is 4.57 Å². The van der Waals surface area contributed by atoms with Crippen LogP contribution in [0.1, 0.15) is 215 Å². The number of aryl methyl sites for hydroxylation is 6. The fraction of sp³-hybridized carbons (Fsp3) is 0.299. The Kier molecular flexibility index (Phi) is 70.9. The zero-order chi connectivity index (χ0) is 87.6. The number of aromatic nitrogens is 8. The summed E-state index contributed by atoms with van der Waals surface area (Å²) in [6, 6.07) is 103. The van der Waals surface area contributed by atoms with Gasteiger partial charge in [-0.3, -0.25) is 9.97 Å². The summed E-state index contributed by atoms with van der Waals surface area (Å²) in [5.74, 6) is 3.23. The van der Waals surface area contributed by atoms with E-state index in [4.69, 9.17) is 0 Å². The summed E-state index contributed by atoms with van der Waals surface area (Å²) in [7, 11) is 0. The highest BCUT2D eigenvalue weighted by molar-refractivity contribution is 6.23. The highest BCUT2D eigenvalue weighted by Crippen LogP contribution is 2.35. The first kappa shape index (κ1) is 110. The molecule has 0 saturated carbocycles. The molecule has 17 aromatic rings. The zero-order valence-corrected chi connectivity index (χ0v) is 77.1. The summed E-state index contributed by atoms with van der Waals surface area (Å²) in [6.45, 7) is 63.4. The summed E-state index contributed by atoms with van der Waals surface area (Å²) in [4.78, 5) is 28.2. The molecule has 616 valence electrons. The maximum absolute atomic E-state index is 4.18. The van der Waals surface area contributed by atoms with Gasteiger partial charge in [0, 0.05) is 51.8 Å². The van der Waals surface area contributed by atoms with Gasteiger partial charge in [0.05, 0.1) is 16.6 Å². The molecule has 0 bridgehead atoms. The first-order valence-corrected chi connectivity index (χ1v) is 42.8. The number of benzene rings is 12. The molecule has 17 rings (SSSR count). The Morgan fingerprint density at radius 3 is 0.765 bits per heavy atom. The first-order valence-electron chi connectivity index (χ1n) is 42.8. The molecule has 5 aromatic heterocycles. The molecular weight excluding hydrogens is 1400 g/mol. The Morgan fingerprint density at radius 2 is 0.461 bits per heavy atom. The molecule has 0 N–H and O–H groups in total. The average Bonchev–Trinajstić information content (AvgIpc) is 1.71. The molecule has 0 unspecified atom stereocenters. The lowest BCUT2D eigenvalue weighted by Gasteiger charge is -2.09. The molecule has 0 spiro atoms. The van der Waals surface area contributed by atoms with Crippen LogP contribution in [0, 0.1) is 41.5 Å². The minimum Gasteiger partial charge on any atom is -0.309 e. The molecule has 0 aliphatic rings. The van der Waals surface area contributed by atoms with E-state index >= 15 is 0 Å². The highest BCUT2D eigenvalue weighted by Gasteiger charge is 2.11. The van der Waals surface area contributed by atoms with Gasteiger partial charge in [-0.15, -0.1) is 0 Å². The van der Waals surface area contributed by atoms with Gasteiger partial charge in [-0.05, 0) is 162 Å². The molecule has 0 aliphatic carbocycles. The average molecular weight is 1550 g/mol. The Hall–Kier alpha value is -11.4. The predicted molar refractivity (Wildman–Crippen MR) is 523 cm³/mol. The number of hydrogen-bond acceptors (Lipinski definition) is 7. The largest absolute Gasteiger partial charge is 0.309 e. The van der Waals surface area contributed by atoms with Crippen molar-refractivity contribution in [2.24, 2.45) is 0 Å². The number of nitrogens with zero attached hydrogens (tertiary/aromatic N) is 8. The number of hydrogen-bond donors (Lipinski definition) is 0.